The predicted molar refractivity (Wildman–Crippen MR) is 226 cm³/mol. The lowest BCUT2D eigenvalue weighted by Crippen LogP contribution is -2.17. The molecule has 0 N–H and O–H groups in total. The summed E-state index contributed by atoms with van der Waals surface area (Å²) in [6.45, 7) is 2.35. The Kier molecular flexibility index (Phi) is 7.30. The molecule has 246 valence electrons. The number of hydrogen-bond acceptors (Lipinski definition) is 1. The van der Waals surface area contributed by atoms with E-state index in [1.54, 1.807) is 0 Å². The summed E-state index contributed by atoms with van der Waals surface area (Å²) in [4.78, 5) is 2.72. The normalized spacial score (nSPS) is 15.6. The summed E-state index contributed by atoms with van der Waals surface area (Å²) in [5, 5.41) is 10.2. The molecule has 1 atom stereocenters. The van der Waals surface area contributed by atoms with E-state index in [4.69, 9.17) is 0 Å². The topological polar surface area (TPSA) is 0 Å². The van der Waals surface area contributed by atoms with Gasteiger partial charge in [0.25, 0.3) is 0 Å². The Balaban J connectivity index is 1.17. The zero-order valence-electron chi connectivity index (χ0n) is 29.0. The molecule has 1 aromatic heterocycles. The quantitative estimate of drug-likeness (QED) is 0.159. The lowest BCUT2D eigenvalue weighted by Gasteiger charge is -2.25. The molecule has 0 fully saturated rings. The van der Waals surface area contributed by atoms with E-state index in [0.717, 1.165) is 6.42 Å². The van der Waals surface area contributed by atoms with Crippen molar-refractivity contribution in [2.24, 2.45) is 0 Å². The Labute approximate surface area is 308 Å². The van der Waals surface area contributed by atoms with Crippen LogP contribution in [0.25, 0.3) is 86.9 Å². The largest absolute Gasteiger partial charge is 0.139 e. The van der Waals surface area contributed by atoms with E-state index in [-0.39, 0.29) is 5.41 Å². The monoisotopic (exact) mass is 680 g/mol. The third-order valence-electron chi connectivity index (χ3n) is 11.1. The van der Waals surface area contributed by atoms with E-state index < -0.39 is 0 Å². The Morgan fingerprint density at radius 2 is 1.00 bits per heavy atom. The third-order valence-corrected chi connectivity index (χ3v) is 12.5. The number of benzene rings is 8. The number of rotatable bonds is 5. The SMILES string of the molecule is CC1(c2ccc(-c3cccc(-c4c5ccccc5c(-c5ccc(-c6cccc7ccccc67)c6ccccc56)c5ccccc45)c3)s2)C=CC=CC1. The van der Waals surface area contributed by atoms with Gasteiger partial charge in [-0.3, -0.25) is 0 Å². The third kappa shape index (κ3) is 4.96. The Hall–Kier alpha value is -6.02. The zero-order chi connectivity index (χ0) is 34.6. The van der Waals surface area contributed by atoms with Crippen LogP contribution in [0.5, 0.6) is 0 Å². The van der Waals surface area contributed by atoms with Crippen LogP contribution in [0.3, 0.4) is 0 Å². The van der Waals surface area contributed by atoms with Crippen LogP contribution in [0.1, 0.15) is 18.2 Å². The molecule has 0 amide bonds. The Morgan fingerprint density at radius 3 is 1.71 bits per heavy atom. The minimum absolute atomic E-state index is 0.0504. The van der Waals surface area contributed by atoms with Gasteiger partial charge in [-0.25, -0.2) is 0 Å². The van der Waals surface area contributed by atoms with Gasteiger partial charge in [0.2, 0.25) is 0 Å². The molecule has 0 bridgehead atoms. The lowest BCUT2D eigenvalue weighted by molar-refractivity contribution is 0.613. The fourth-order valence-electron chi connectivity index (χ4n) is 8.48. The van der Waals surface area contributed by atoms with Gasteiger partial charge in [-0.1, -0.05) is 177 Å². The molecule has 1 heteroatoms. The van der Waals surface area contributed by atoms with Crippen LogP contribution in [0.2, 0.25) is 0 Å². The molecule has 0 radical (unpaired) electrons. The molecule has 10 rings (SSSR count). The van der Waals surface area contributed by atoms with Gasteiger partial charge in [-0.2, -0.15) is 0 Å². The first-order chi connectivity index (χ1) is 25.7. The van der Waals surface area contributed by atoms with Gasteiger partial charge < -0.3 is 0 Å². The molecular formula is C51H36S. The number of hydrogen-bond donors (Lipinski definition) is 0. The molecule has 1 aliphatic carbocycles. The van der Waals surface area contributed by atoms with Crippen LogP contribution in [0.15, 0.2) is 188 Å². The molecule has 1 unspecified atom stereocenters. The molecule has 52 heavy (non-hydrogen) atoms. The van der Waals surface area contributed by atoms with E-state index in [9.17, 15) is 0 Å². The minimum Gasteiger partial charge on any atom is -0.139 e. The highest BCUT2D eigenvalue weighted by molar-refractivity contribution is 7.15. The summed E-state index contributed by atoms with van der Waals surface area (Å²) in [7, 11) is 0. The van der Waals surface area contributed by atoms with Gasteiger partial charge in [0.15, 0.2) is 0 Å². The Bertz CT molecular complexity index is 2840. The smallest absolute Gasteiger partial charge is 0.0346 e. The first-order valence-corrected chi connectivity index (χ1v) is 19.0. The second-order valence-electron chi connectivity index (χ2n) is 14.2. The maximum atomic E-state index is 2.40. The van der Waals surface area contributed by atoms with Crippen LogP contribution in [0.4, 0.5) is 0 Å². The van der Waals surface area contributed by atoms with Crippen molar-refractivity contribution in [3.63, 3.8) is 0 Å². The highest BCUT2D eigenvalue weighted by Crippen LogP contribution is 2.48. The summed E-state index contributed by atoms with van der Waals surface area (Å²) < 4.78 is 0. The molecule has 8 aromatic carbocycles. The zero-order valence-corrected chi connectivity index (χ0v) is 29.8. The molecule has 0 nitrogen and oxygen atoms in total. The van der Waals surface area contributed by atoms with Crippen LogP contribution in [-0.2, 0) is 5.41 Å². The number of allylic oxidation sites excluding steroid dienone is 4. The fraction of sp³-hybridized carbons (Fsp3) is 0.0588. The highest BCUT2D eigenvalue weighted by Gasteiger charge is 2.26. The van der Waals surface area contributed by atoms with Crippen molar-refractivity contribution < 1.29 is 0 Å². The van der Waals surface area contributed by atoms with E-state index in [0.29, 0.717) is 0 Å². The van der Waals surface area contributed by atoms with Crippen LogP contribution in [-0.4, -0.2) is 0 Å². The summed E-state index contributed by atoms with van der Waals surface area (Å²) in [5.74, 6) is 0. The second kappa shape index (κ2) is 12.3. The van der Waals surface area contributed by atoms with Gasteiger partial charge in [0.05, 0.1) is 0 Å². The standard InChI is InChI=1S/C51H36S/c1-51(31-11-2-12-32-51)48-30-29-47(52-48)35-17-13-18-36(33-35)49-42-22-7-9-24-44(42)50(45-25-10-8-23-43(45)49)46-28-27-41(39-20-5-6-21-40(39)46)38-26-14-16-34-15-3-4-19-37(34)38/h2-31,33H,32H2,1H3. The van der Waals surface area contributed by atoms with E-state index in [1.165, 1.54) is 91.8 Å². The van der Waals surface area contributed by atoms with E-state index in [1.807, 2.05) is 11.3 Å². The fourth-order valence-corrected chi connectivity index (χ4v) is 9.62. The van der Waals surface area contributed by atoms with Crippen LogP contribution in [0, 0.1) is 0 Å². The van der Waals surface area contributed by atoms with Crippen molar-refractivity contribution in [3.05, 3.63) is 193 Å². The Morgan fingerprint density at radius 1 is 0.442 bits per heavy atom. The van der Waals surface area contributed by atoms with Gasteiger partial charge in [0, 0.05) is 15.2 Å². The van der Waals surface area contributed by atoms with Crippen molar-refractivity contribution >= 4 is 54.4 Å². The average Bonchev–Trinajstić information content (AvgIpc) is 3.72. The van der Waals surface area contributed by atoms with Crippen molar-refractivity contribution in [1.29, 1.82) is 0 Å². The number of fused-ring (bicyclic) bond motifs is 4. The minimum atomic E-state index is 0.0504. The van der Waals surface area contributed by atoms with E-state index >= 15 is 0 Å². The molecular weight excluding hydrogens is 645 g/mol. The second-order valence-corrected chi connectivity index (χ2v) is 15.3. The van der Waals surface area contributed by atoms with Crippen molar-refractivity contribution in [2.75, 3.05) is 0 Å². The van der Waals surface area contributed by atoms with E-state index in [2.05, 4.69) is 195 Å². The highest BCUT2D eigenvalue weighted by atomic mass is 32.1. The summed E-state index contributed by atoms with van der Waals surface area (Å²) in [6, 6.07) is 60.8. The maximum Gasteiger partial charge on any atom is 0.0346 e. The average molecular weight is 681 g/mol. The van der Waals surface area contributed by atoms with Gasteiger partial charge >= 0.3 is 0 Å². The predicted octanol–water partition coefficient (Wildman–Crippen LogP) is 14.8. The summed E-state index contributed by atoms with van der Waals surface area (Å²) in [5.41, 5.74) is 8.93. The summed E-state index contributed by atoms with van der Waals surface area (Å²) in [6.07, 6.45) is 10.0. The molecule has 0 aliphatic heterocycles. The van der Waals surface area contributed by atoms with Crippen molar-refractivity contribution in [1.82, 2.24) is 0 Å². The van der Waals surface area contributed by atoms with Gasteiger partial charge in [-0.05, 0) is 107 Å². The molecule has 0 spiro atoms. The van der Waals surface area contributed by atoms with Crippen LogP contribution >= 0.6 is 11.3 Å². The molecule has 9 aromatic rings. The maximum absolute atomic E-state index is 2.40. The van der Waals surface area contributed by atoms with Gasteiger partial charge in [0.1, 0.15) is 0 Å². The summed E-state index contributed by atoms with van der Waals surface area (Å²) >= 11 is 1.92. The van der Waals surface area contributed by atoms with Crippen LogP contribution < -0.4 is 0 Å². The number of thiophene rings is 1. The first kappa shape index (κ1) is 30.8. The van der Waals surface area contributed by atoms with Crippen molar-refractivity contribution in [3.8, 4) is 43.8 Å². The lowest BCUT2D eigenvalue weighted by atomic mass is 9.82. The first-order valence-electron chi connectivity index (χ1n) is 18.2. The van der Waals surface area contributed by atoms with Crippen molar-refractivity contribution in [2.45, 2.75) is 18.8 Å². The molecule has 0 saturated heterocycles. The molecule has 0 saturated carbocycles. The molecule has 1 aliphatic rings. The molecule has 1 heterocycles. The van der Waals surface area contributed by atoms with Gasteiger partial charge in [-0.15, -0.1) is 11.3 Å².